The van der Waals surface area contributed by atoms with Gasteiger partial charge in [-0.3, -0.25) is 0 Å². The van der Waals surface area contributed by atoms with E-state index in [0.717, 1.165) is 16.6 Å². The van der Waals surface area contributed by atoms with Crippen LogP contribution in [0.2, 0.25) is 0 Å². The maximum absolute atomic E-state index is 4.63. The average Bonchev–Trinajstić information content (AvgIpc) is 3.19. The summed E-state index contributed by atoms with van der Waals surface area (Å²) < 4.78 is 0. The molecule has 0 bridgehead atoms. The lowest BCUT2D eigenvalue weighted by molar-refractivity contribution is 0.639. The fourth-order valence-electron chi connectivity index (χ4n) is 7.24. The molecule has 0 amide bonds. The van der Waals surface area contributed by atoms with Crippen LogP contribution in [-0.4, -0.2) is 0 Å². The summed E-state index contributed by atoms with van der Waals surface area (Å²) in [7, 11) is 0. The number of benzene rings is 5. The summed E-state index contributed by atoms with van der Waals surface area (Å²) in [5.74, 6) is 0. The van der Waals surface area contributed by atoms with Crippen molar-refractivity contribution in [3.63, 3.8) is 0 Å². The van der Waals surface area contributed by atoms with E-state index in [1.54, 1.807) is 0 Å². The lowest BCUT2D eigenvalue weighted by atomic mass is 9.68. The molecule has 40 heavy (non-hydrogen) atoms. The molecule has 0 aromatic heterocycles. The van der Waals surface area contributed by atoms with E-state index in [-0.39, 0.29) is 10.8 Å². The Balaban J connectivity index is 1.76. The first kappa shape index (κ1) is 24.7. The van der Waals surface area contributed by atoms with Crippen molar-refractivity contribution in [3.8, 4) is 11.1 Å². The summed E-state index contributed by atoms with van der Waals surface area (Å²) in [6.45, 7) is 16.3. The highest BCUT2D eigenvalue weighted by Crippen LogP contribution is 2.60. The zero-order valence-electron chi connectivity index (χ0n) is 24.0. The Morgan fingerprint density at radius 2 is 1.20 bits per heavy atom. The van der Waals surface area contributed by atoms with Gasteiger partial charge in [0, 0.05) is 27.6 Å². The Bertz CT molecular complexity index is 1920. The zero-order chi connectivity index (χ0) is 27.8. The van der Waals surface area contributed by atoms with Gasteiger partial charge in [-0.05, 0) is 86.5 Å². The van der Waals surface area contributed by atoms with E-state index in [2.05, 4.69) is 155 Å². The first-order valence-corrected chi connectivity index (χ1v) is 14.3. The van der Waals surface area contributed by atoms with Crippen LogP contribution in [0.25, 0.3) is 34.6 Å². The SMILES string of the molecule is C=c1cc2c3c4c(cc(N(c5ccccc5)c5ccccc5)c3/c1=C/C=C\C)C(C)(C)c1cccc(c1-4)C2(C)C. The molecule has 0 saturated carbocycles. The molecular weight excluding hydrogens is 482 g/mol. The molecule has 2 aliphatic carbocycles. The molecule has 1 heteroatoms. The van der Waals surface area contributed by atoms with Crippen LogP contribution in [0.1, 0.15) is 56.9 Å². The van der Waals surface area contributed by atoms with E-state index in [1.807, 2.05) is 0 Å². The summed E-state index contributed by atoms with van der Waals surface area (Å²) in [6.07, 6.45) is 6.50. The second kappa shape index (κ2) is 8.57. The maximum atomic E-state index is 4.63. The minimum absolute atomic E-state index is 0.114. The number of para-hydroxylation sites is 2. The van der Waals surface area contributed by atoms with Crippen molar-refractivity contribution < 1.29 is 0 Å². The van der Waals surface area contributed by atoms with Gasteiger partial charge in [0.15, 0.2) is 0 Å². The van der Waals surface area contributed by atoms with Crippen LogP contribution in [0, 0.1) is 0 Å². The second-order valence-corrected chi connectivity index (χ2v) is 12.2. The Morgan fingerprint density at radius 1 is 0.625 bits per heavy atom. The summed E-state index contributed by atoms with van der Waals surface area (Å²) in [6, 6.07) is 33.3. The quantitative estimate of drug-likeness (QED) is 0.230. The van der Waals surface area contributed by atoms with E-state index < -0.39 is 0 Å². The van der Waals surface area contributed by atoms with Crippen LogP contribution in [0.5, 0.6) is 0 Å². The van der Waals surface area contributed by atoms with Gasteiger partial charge in [-0.2, -0.15) is 0 Å². The van der Waals surface area contributed by atoms with Crippen LogP contribution < -0.4 is 15.3 Å². The molecule has 0 N–H and O–H groups in total. The molecule has 0 radical (unpaired) electrons. The Morgan fingerprint density at radius 3 is 1.77 bits per heavy atom. The molecule has 5 aromatic rings. The van der Waals surface area contributed by atoms with E-state index in [4.69, 9.17) is 0 Å². The van der Waals surface area contributed by atoms with Crippen molar-refractivity contribution in [2.45, 2.75) is 45.4 Å². The van der Waals surface area contributed by atoms with E-state index >= 15 is 0 Å². The van der Waals surface area contributed by atoms with Crippen LogP contribution >= 0.6 is 0 Å². The number of hydrogen-bond acceptors (Lipinski definition) is 1. The highest BCUT2D eigenvalue weighted by molar-refractivity contribution is 6.14. The molecule has 0 aliphatic heterocycles. The van der Waals surface area contributed by atoms with Crippen molar-refractivity contribution in [1.29, 1.82) is 0 Å². The van der Waals surface area contributed by atoms with Gasteiger partial charge in [0.1, 0.15) is 0 Å². The minimum Gasteiger partial charge on any atom is -0.310 e. The van der Waals surface area contributed by atoms with Crippen molar-refractivity contribution in [2.24, 2.45) is 0 Å². The van der Waals surface area contributed by atoms with E-state index in [9.17, 15) is 0 Å². The van der Waals surface area contributed by atoms with Gasteiger partial charge in [0.2, 0.25) is 0 Å². The third kappa shape index (κ3) is 3.21. The molecule has 0 spiro atoms. The first-order chi connectivity index (χ1) is 19.3. The molecule has 0 heterocycles. The number of anilines is 3. The predicted molar refractivity (Wildman–Crippen MR) is 172 cm³/mol. The van der Waals surface area contributed by atoms with Crippen molar-refractivity contribution in [3.05, 3.63) is 136 Å². The highest BCUT2D eigenvalue weighted by Gasteiger charge is 2.45. The summed E-state index contributed by atoms with van der Waals surface area (Å²) in [5, 5.41) is 4.90. The van der Waals surface area contributed by atoms with Gasteiger partial charge >= 0.3 is 0 Å². The third-order valence-electron chi connectivity index (χ3n) is 9.24. The monoisotopic (exact) mass is 517 g/mol. The zero-order valence-corrected chi connectivity index (χ0v) is 24.0. The lowest BCUT2D eigenvalue weighted by Crippen LogP contribution is -2.32. The average molecular weight is 518 g/mol. The molecule has 0 saturated heterocycles. The summed E-state index contributed by atoms with van der Waals surface area (Å²) in [5.41, 5.74) is 11.7. The molecule has 0 atom stereocenters. The van der Waals surface area contributed by atoms with Crippen LogP contribution in [0.3, 0.4) is 0 Å². The van der Waals surface area contributed by atoms with Crippen molar-refractivity contribution in [2.75, 3.05) is 4.90 Å². The molecule has 7 rings (SSSR count). The second-order valence-electron chi connectivity index (χ2n) is 12.2. The first-order valence-electron chi connectivity index (χ1n) is 14.3. The Kier molecular flexibility index (Phi) is 5.28. The fraction of sp³-hybridized carbons (Fsp3) is 0.179. The molecule has 0 unspecified atom stereocenters. The lowest BCUT2D eigenvalue weighted by Gasteiger charge is -2.36. The van der Waals surface area contributed by atoms with Crippen molar-refractivity contribution >= 4 is 40.5 Å². The molecule has 196 valence electrons. The standard InChI is InChI=1S/C39H35N/c1-7-8-20-28-25(2)23-31-36-34(28)33(40(26-16-11-9-12-17-26)27-18-13-10-14-19-27)24-32-37(36)35-29(38(31,3)4)21-15-22-30(35)39(32,5)6/h7-24H,2H2,1,3-6H3/b8-7-,28-20+. The topological polar surface area (TPSA) is 3.24 Å². The smallest absolute Gasteiger partial charge is 0.0549 e. The molecular formula is C39H35N. The van der Waals surface area contributed by atoms with E-state index in [1.165, 1.54) is 55.1 Å². The maximum Gasteiger partial charge on any atom is 0.0549 e. The Labute approximate surface area is 237 Å². The number of rotatable bonds is 4. The number of allylic oxidation sites excluding steroid dienone is 2. The third-order valence-corrected chi connectivity index (χ3v) is 9.24. The Hall–Kier alpha value is -4.36. The van der Waals surface area contributed by atoms with E-state index in [0.29, 0.717) is 0 Å². The predicted octanol–water partition coefficient (Wildman–Crippen LogP) is 9.02. The minimum atomic E-state index is -0.150. The van der Waals surface area contributed by atoms with Crippen LogP contribution in [0.4, 0.5) is 17.1 Å². The number of nitrogens with zero attached hydrogens (tertiary/aromatic N) is 1. The van der Waals surface area contributed by atoms with Gasteiger partial charge in [-0.15, -0.1) is 0 Å². The largest absolute Gasteiger partial charge is 0.310 e. The molecule has 0 fully saturated rings. The van der Waals surface area contributed by atoms with Gasteiger partial charge in [-0.25, -0.2) is 0 Å². The van der Waals surface area contributed by atoms with Gasteiger partial charge < -0.3 is 4.90 Å². The van der Waals surface area contributed by atoms with Crippen LogP contribution in [-0.2, 0) is 10.8 Å². The molecule has 1 nitrogen and oxygen atoms in total. The summed E-state index contributed by atoms with van der Waals surface area (Å²) >= 11 is 0. The van der Waals surface area contributed by atoms with Crippen LogP contribution in [0.15, 0.2) is 103 Å². The molecule has 5 aromatic carbocycles. The fourth-order valence-corrected chi connectivity index (χ4v) is 7.24. The van der Waals surface area contributed by atoms with Gasteiger partial charge in [0.05, 0.1) is 5.69 Å². The number of hydrogen-bond donors (Lipinski definition) is 0. The normalized spacial score (nSPS) is 16.2. The van der Waals surface area contributed by atoms with Gasteiger partial charge in [0.25, 0.3) is 0 Å². The highest BCUT2D eigenvalue weighted by atomic mass is 15.1. The molecule has 2 aliphatic rings. The summed E-state index contributed by atoms with van der Waals surface area (Å²) in [4.78, 5) is 2.44. The van der Waals surface area contributed by atoms with Crippen molar-refractivity contribution in [1.82, 2.24) is 0 Å². The van der Waals surface area contributed by atoms with Gasteiger partial charge in [-0.1, -0.05) is 113 Å².